The lowest BCUT2D eigenvalue weighted by molar-refractivity contribution is 0.401. The van der Waals surface area contributed by atoms with Crippen molar-refractivity contribution in [1.82, 2.24) is 9.88 Å². The molecule has 0 aromatic carbocycles. The molecule has 0 spiro atoms. The standard InChI is InChI=1S/C12H24N4S/c1-5-10-11(9-13)17-12(14-10)16(4)8-6-7-15(2)3/h5-9,13H2,1-4H3. The average Bonchev–Trinajstić information content (AvgIpc) is 2.71. The van der Waals surface area contributed by atoms with Crippen molar-refractivity contribution in [2.45, 2.75) is 26.3 Å². The van der Waals surface area contributed by atoms with Gasteiger partial charge in [0.05, 0.1) is 5.69 Å². The molecule has 1 heterocycles. The molecule has 0 amide bonds. The van der Waals surface area contributed by atoms with E-state index in [0.29, 0.717) is 6.54 Å². The molecule has 0 saturated heterocycles. The van der Waals surface area contributed by atoms with Gasteiger partial charge in [0.1, 0.15) is 0 Å². The van der Waals surface area contributed by atoms with E-state index in [-0.39, 0.29) is 0 Å². The zero-order valence-corrected chi connectivity index (χ0v) is 12.2. The third-order valence-electron chi connectivity index (χ3n) is 2.71. The van der Waals surface area contributed by atoms with Gasteiger partial charge in [-0.05, 0) is 33.5 Å². The number of nitrogens with two attached hydrogens (primary N) is 1. The molecule has 5 heteroatoms. The van der Waals surface area contributed by atoms with Crippen LogP contribution >= 0.6 is 11.3 Å². The van der Waals surface area contributed by atoms with Gasteiger partial charge in [-0.25, -0.2) is 4.98 Å². The van der Waals surface area contributed by atoms with Crippen molar-refractivity contribution in [3.63, 3.8) is 0 Å². The number of nitrogens with zero attached hydrogens (tertiary/aromatic N) is 3. The fraction of sp³-hybridized carbons (Fsp3) is 0.750. The summed E-state index contributed by atoms with van der Waals surface area (Å²) in [6, 6.07) is 0. The Morgan fingerprint density at radius 3 is 2.41 bits per heavy atom. The molecule has 0 bridgehead atoms. The van der Waals surface area contributed by atoms with E-state index in [1.807, 2.05) is 0 Å². The Labute approximate surface area is 108 Å². The van der Waals surface area contributed by atoms with Gasteiger partial charge >= 0.3 is 0 Å². The van der Waals surface area contributed by atoms with E-state index in [2.05, 4.69) is 42.9 Å². The molecule has 17 heavy (non-hydrogen) atoms. The van der Waals surface area contributed by atoms with E-state index < -0.39 is 0 Å². The number of rotatable bonds is 7. The molecule has 0 aliphatic rings. The zero-order chi connectivity index (χ0) is 12.8. The lowest BCUT2D eigenvalue weighted by atomic mass is 10.3. The van der Waals surface area contributed by atoms with Crippen LogP contribution in [-0.4, -0.2) is 44.1 Å². The van der Waals surface area contributed by atoms with Crippen molar-refractivity contribution < 1.29 is 0 Å². The molecule has 0 saturated carbocycles. The summed E-state index contributed by atoms with van der Waals surface area (Å²) in [5.41, 5.74) is 6.88. The van der Waals surface area contributed by atoms with Crippen LogP contribution < -0.4 is 10.6 Å². The van der Waals surface area contributed by atoms with Crippen molar-refractivity contribution >= 4 is 16.5 Å². The Morgan fingerprint density at radius 2 is 1.94 bits per heavy atom. The SMILES string of the molecule is CCc1nc(N(C)CCCN(C)C)sc1CN. The molecule has 0 unspecified atom stereocenters. The molecule has 4 nitrogen and oxygen atoms in total. The fourth-order valence-corrected chi connectivity index (χ4v) is 2.70. The summed E-state index contributed by atoms with van der Waals surface area (Å²) < 4.78 is 0. The van der Waals surface area contributed by atoms with Crippen LogP contribution in [0, 0.1) is 0 Å². The maximum Gasteiger partial charge on any atom is 0.185 e. The minimum atomic E-state index is 0.604. The van der Waals surface area contributed by atoms with Crippen molar-refractivity contribution in [3.05, 3.63) is 10.6 Å². The maximum absolute atomic E-state index is 5.72. The second-order valence-corrected chi connectivity index (χ2v) is 5.56. The number of aryl methyl sites for hydroxylation is 1. The Bertz CT molecular complexity index is 314. The van der Waals surface area contributed by atoms with Gasteiger partial charge in [0.2, 0.25) is 0 Å². The quantitative estimate of drug-likeness (QED) is 0.804. The normalized spacial score (nSPS) is 11.2. The molecule has 0 aliphatic carbocycles. The summed E-state index contributed by atoms with van der Waals surface area (Å²) >= 11 is 1.73. The highest BCUT2D eigenvalue weighted by Crippen LogP contribution is 2.25. The summed E-state index contributed by atoms with van der Waals surface area (Å²) in [4.78, 5) is 10.3. The van der Waals surface area contributed by atoms with Gasteiger partial charge in [0.25, 0.3) is 0 Å². The van der Waals surface area contributed by atoms with Crippen LogP contribution in [0.5, 0.6) is 0 Å². The van der Waals surface area contributed by atoms with E-state index in [1.54, 1.807) is 11.3 Å². The minimum Gasteiger partial charge on any atom is -0.351 e. The summed E-state index contributed by atoms with van der Waals surface area (Å²) in [5, 5.41) is 1.10. The maximum atomic E-state index is 5.72. The highest BCUT2D eigenvalue weighted by atomic mass is 32.1. The van der Waals surface area contributed by atoms with Crippen molar-refractivity contribution in [2.24, 2.45) is 5.73 Å². The molecule has 0 radical (unpaired) electrons. The highest BCUT2D eigenvalue weighted by Gasteiger charge is 2.11. The van der Waals surface area contributed by atoms with Crippen LogP contribution in [-0.2, 0) is 13.0 Å². The summed E-state index contributed by atoms with van der Waals surface area (Å²) in [6.45, 7) is 4.88. The highest BCUT2D eigenvalue weighted by molar-refractivity contribution is 7.15. The van der Waals surface area contributed by atoms with Crippen LogP contribution in [0.4, 0.5) is 5.13 Å². The average molecular weight is 256 g/mol. The predicted octanol–water partition coefficient (Wildman–Crippen LogP) is 1.55. The Morgan fingerprint density at radius 1 is 1.24 bits per heavy atom. The Hall–Kier alpha value is -0.650. The Balaban J connectivity index is 2.56. The molecule has 1 aromatic rings. The molecular weight excluding hydrogens is 232 g/mol. The van der Waals surface area contributed by atoms with E-state index in [1.165, 1.54) is 4.88 Å². The molecular formula is C12H24N4S. The summed E-state index contributed by atoms with van der Waals surface area (Å²) in [7, 11) is 6.31. The molecule has 98 valence electrons. The van der Waals surface area contributed by atoms with Gasteiger partial charge < -0.3 is 15.5 Å². The molecule has 0 atom stereocenters. The van der Waals surface area contributed by atoms with Crippen LogP contribution in [0.25, 0.3) is 0 Å². The lowest BCUT2D eigenvalue weighted by Crippen LogP contribution is -2.23. The van der Waals surface area contributed by atoms with Crippen molar-refractivity contribution in [1.29, 1.82) is 0 Å². The Kier molecular flexibility index (Phi) is 5.88. The van der Waals surface area contributed by atoms with Crippen molar-refractivity contribution in [2.75, 3.05) is 39.1 Å². The molecule has 1 rings (SSSR count). The third-order valence-corrected chi connectivity index (χ3v) is 3.95. The molecule has 0 aliphatic heterocycles. The lowest BCUT2D eigenvalue weighted by Gasteiger charge is -2.17. The monoisotopic (exact) mass is 256 g/mol. The third kappa shape index (κ3) is 4.26. The van der Waals surface area contributed by atoms with Gasteiger partial charge in [0, 0.05) is 25.0 Å². The van der Waals surface area contributed by atoms with Crippen LogP contribution in [0.3, 0.4) is 0 Å². The summed E-state index contributed by atoms with van der Waals surface area (Å²) in [5.74, 6) is 0. The first-order valence-electron chi connectivity index (χ1n) is 6.13. The zero-order valence-electron chi connectivity index (χ0n) is 11.4. The van der Waals surface area contributed by atoms with E-state index in [9.17, 15) is 0 Å². The van der Waals surface area contributed by atoms with E-state index >= 15 is 0 Å². The van der Waals surface area contributed by atoms with Crippen LogP contribution in [0.2, 0.25) is 0 Å². The van der Waals surface area contributed by atoms with Crippen LogP contribution in [0.1, 0.15) is 23.9 Å². The first kappa shape index (κ1) is 14.4. The summed E-state index contributed by atoms with van der Waals surface area (Å²) in [6.07, 6.45) is 2.12. The second kappa shape index (κ2) is 6.93. The van der Waals surface area contributed by atoms with Crippen molar-refractivity contribution in [3.8, 4) is 0 Å². The van der Waals surface area contributed by atoms with Gasteiger partial charge in [-0.1, -0.05) is 6.92 Å². The second-order valence-electron chi connectivity index (χ2n) is 4.50. The van der Waals surface area contributed by atoms with Gasteiger partial charge in [-0.2, -0.15) is 0 Å². The number of hydrogen-bond donors (Lipinski definition) is 1. The van der Waals surface area contributed by atoms with Gasteiger partial charge in [0.15, 0.2) is 5.13 Å². The van der Waals surface area contributed by atoms with E-state index in [4.69, 9.17) is 5.73 Å². The number of aromatic nitrogens is 1. The molecule has 2 N–H and O–H groups in total. The molecule has 1 aromatic heterocycles. The number of hydrogen-bond acceptors (Lipinski definition) is 5. The first-order valence-corrected chi connectivity index (χ1v) is 6.94. The first-order chi connectivity index (χ1) is 8.08. The topological polar surface area (TPSA) is 45.4 Å². The largest absolute Gasteiger partial charge is 0.351 e. The van der Waals surface area contributed by atoms with Gasteiger partial charge in [-0.15, -0.1) is 11.3 Å². The molecule has 0 fully saturated rings. The smallest absolute Gasteiger partial charge is 0.185 e. The van der Waals surface area contributed by atoms with E-state index in [0.717, 1.165) is 36.8 Å². The minimum absolute atomic E-state index is 0.604. The number of thiazole rings is 1. The van der Waals surface area contributed by atoms with Gasteiger partial charge in [-0.3, -0.25) is 0 Å². The number of anilines is 1. The predicted molar refractivity (Wildman–Crippen MR) is 75.8 cm³/mol. The van der Waals surface area contributed by atoms with Crippen LogP contribution in [0.15, 0.2) is 0 Å². The fourth-order valence-electron chi connectivity index (χ4n) is 1.69.